The molecule has 0 nitrogen and oxygen atoms in total. The summed E-state index contributed by atoms with van der Waals surface area (Å²) in [4.78, 5) is 0. The van der Waals surface area contributed by atoms with E-state index in [2.05, 4.69) is 45.4 Å². The van der Waals surface area contributed by atoms with Gasteiger partial charge in [0, 0.05) is 9.25 Å². The summed E-state index contributed by atoms with van der Waals surface area (Å²) < 4.78 is 0.603. The molecule has 49 valence electrons. The Kier molecular flexibility index (Phi) is 7.29. The number of hydrogen-bond acceptors (Lipinski definition) is 0. The summed E-state index contributed by atoms with van der Waals surface area (Å²) in [5.74, 6) is 0. The molecule has 0 aromatic rings. The molecule has 0 amide bonds. The van der Waals surface area contributed by atoms with Crippen LogP contribution in [-0.4, -0.2) is 9.25 Å². The second-order valence-corrected chi connectivity index (χ2v) is 4.34. The van der Waals surface area contributed by atoms with Crippen molar-refractivity contribution < 1.29 is 0 Å². The zero-order valence-corrected chi connectivity index (χ0v) is 8.61. The first kappa shape index (κ1) is 9.21. The molecular formula is C6H11BrI. The molecule has 1 unspecified atom stereocenters. The molecule has 0 bridgehead atoms. The van der Waals surface area contributed by atoms with Gasteiger partial charge in [-0.25, -0.2) is 0 Å². The predicted octanol–water partition coefficient (Wildman–Crippen LogP) is 3.19. The van der Waals surface area contributed by atoms with Crippen molar-refractivity contribution in [3.05, 3.63) is 6.92 Å². The van der Waals surface area contributed by atoms with Crippen LogP contribution >= 0.6 is 38.5 Å². The zero-order valence-electron chi connectivity index (χ0n) is 4.87. The van der Waals surface area contributed by atoms with E-state index in [0.29, 0.717) is 3.92 Å². The molecule has 0 saturated heterocycles. The van der Waals surface area contributed by atoms with Crippen LogP contribution in [0, 0.1) is 6.92 Å². The maximum absolute atomic E-state index is 3.88. The second kappa shape index (κ2) is 6.33. The van der Waals surface area contributed by atoms with Crippen molar-refractivity contribution >= 4 is 38.5 Å². The Balaban J connectivity index is 2.72. The Morgan fingerprint density at radius 2 is 2.12 bits per heavy atom. The average molecular weight is 290 g/mol. The highest BCUT2D eigenvalue weighted by Crippen LogP contribution is 2.08. The Bertz CT molecular complexity index is 45.8. The normalized spacial score (nSPS) is 13.9. The summed E-state index contributed by atoms with van der Waals surface area (Å²) in [5, 5.41) is 1.14. The standard InChI is InChI=1S/C6H11BrI/c1-6(8)4-2-3-5-7/h6H,1-5H2. The topological polar surface area (TPSA) is 0 Å². The quantitative estimate of drug-likeness (QED) is 0.424. The maximum atomic E-state index is 3.88. The number of alkyl halides is 2. The highest BCUT2D eigenvalue weighted by molar-refractivity contribution is 14.1. The Morgan fingerprint density at radius 3 is 2.50 bits per heavy atom. The number of rotatable bonds is 4. The first-order chi connectivity index (χ1) is 3.77. The van der Waals surface area contributed by atoms with E-state index in [0.717, 1.165) is 5.33 Å². The van der Waals surface area contributed by atoms with Crippen LogP contribution in [0.2, 0.25) is 0 Å². The van der Waals surface area contributed by atoms with Gasteiger partial charge in [0.2, 0.25) is 0 Å². The van der Waals surface area contributed by atoms with Gasteiger partial charge in [0.05, 0.1) is 0 Å². The third kappa shape index (κ3) is 7.21. The monoisotopic (exact) mass is 289 g/mol. The highest BCUT2D eigenvalue weighted by Gasteiger charge is 1.92. The van der Waals surface area contributed by atoms with Gasteiger partial charge in [-0.1, -0.05) is 44.9 Å². The molecule has 1 radical (unpaired) electrons. The molecular weight excluding hydrogens is 279 g/mol. The fraction of sp³-hybridized carbons (Fsp3) is 0.833. The molecule has 0 saturated carbocycles. The van der Waals surface area contributed by atoms with Crippen molar-refractivity contribution in [1.82, 2.24) is 0 Å². The predicted molar refractivity (Wildman–Crippen MR) is 50.8 cm³/mol. The van der Waals surface area contributed by atoms with Crippen molar-refractivity contribution in [1.29, 1.82) is 0 Å². The Labute approximate surface area is 73.7 Å². The first-order valence-corrected chi connectivity index (χ1v) is 5.17. The van der Waals surface area contributed by atoms with E-state index < -0.39 is 0 Å². The molecule has 0 rings (SSSR count). The van der Waals surface area contributed by atoms with E-state index >= 15 is 0 Å². The summed E-state index contributed by atoms with van der Waals surface area (Å²) in [6.07, 6.45) is 3.85. The Morgan fingerprint density at radius 1 is 1.50 bits per heavy atom. The van der Waals surface area contributed by atoms with Crippen molar-refractivity contribution in [2.75, 3.05) is 5.33 Å². The van der Waals surface area contributed by atoms with Crippen molar-refractivity contribution in [2.45, 2.75) is 23.2 Å². The number of unbranched alkanes of at least 4 members (excludes halogenated alkanes) is 1. The lowest BCUT2D eigenvalue weighted by molar-refractivity contribution is 0.756. The lowest BCUT2D eigenvalue weighted by Crippen LogP contribution is -1.89. The van der Waals surface area contributed by atoms with Crippen LogP contribution in [0.1, 0.15) is 19.3 Å². The minimum atomic E-state index is 0.603. The highest BCUT2D eigenvalue weighted by atomic mass is 127. The fourth-order valence-electron chi connectivity index (χ4n) is 0.460. The molecule has 1 atom stereocenters. The molecule has 0 aliphatic heterocycles. The van der Waals surface area contributed by atoms with Crippen molar-refractivity contribution in [2.24, 2.45) is 0 Å². The van der Waals surface area contributed by atoms with Crippen LogP contribution in [0.4, 0.5) is 0 Å². The summed E-state index contributed by atoms with van der Waals surface area (Å²) in [5.41, 5.74) is 0. The SMILES string of the molecule is [CH2]C(I)CCCCBr. The molecule has 0 fully saturated rings. The maximum Gasteiger partial charge on any atom is 0.0110 e. The fourth-order valence-corrected chi connectivity index (χ4v) is 1.30. The van der Waals surface area contributed by atoms with Gasteiger partial charge in [-0.2, -0.15) is 0 Å². The van der Waals surface area contributed by atoms with Gasteiger partial charge in [-0.05, 0) is 19.8 Å². The third-order valence-corrected chi connectivity index (χ3v) is 2.08. The lowest BCUT2D eigenvalue weighted by atomic mass is 10.2. The summed E-state index contributed by atoms with van der Waals surface area (Å²) in [6.45, 7) is 3.88. The summed E-state index contributed by atoms with van der Waals surface area (Å²) in [7, 11) is 0. The Hall–Kier alpha value is 1.21. The minimum Gasteiger partial charge on any atom is -0.0928 e. The van der Waals surface area contributed by atoms with Gasteiger partial charge in [0.15, 0.2) is 0 Å². The van der Waals surface area contributed by atoms with Gasteiger partial charge in [-0.3, -0.25) is 0 Å². The van der Waals surface area contributed by atoms with Crippen molar-refractivity contribution in [3.8, 4) is 0 Å². The second-order valence-electron chi connectivity index (χ2n) is 1.78. The molecule has 2 heteroatoms. The molecule has 0 heterocycles. The van der Waals surface area contributed by atoms with E-state index in [4.69, 9.17) is 0 Å². The largest absolute Gasteiger partial charge is 0.0928 e. The van der Waals surface area contributed by atoms with Crippen LogP contribution in [0.15, 0.2) is 0 Å². The smallest absolute Gasteiger partial charge is 0.0110 e. The van der Waals surface area contributed by atoms with Crippen molar-refractivity contribution in [3.63, 3.8) is 0 Å². The van der Waals surface area contributed by atoms with E-state index in [9.17, 15) is 0 Å². The van der Waals surface area contributed by atoms with Gasteiger partial charge in [0.25, 0.3) is 0 Å². The van der Waals surface area contributed by atoms with Crippen LogP contribution < -0.4 is 0 Å². The van der Waals surface area contributed by atoms with Crippen LogP contribution in [0.3, 0.4) is 0 Å². The minimum absolute atomic E-state index is 0.603. The van der Waals surface area contributed by atoms with Crippen LogP contribution in [-0.2, 0) is 0 Å². The third-order valence-electron chi connectivity index (χ3n) is 0.901. The molecule has 0 N–H and O–H groups in total. The lowest BCUT2D eigenvalue weighted by Gasteiger charge is -1.98. The molecule has 0 spiro atoms. The van der Waals surface area contributed by atoms with E-state index in [1.165, 1.54) is 19.3 Å². The molecule has 0 aliphatic carbocycles. The number of halogens is 2. The molecule has 0 aromatic heterocycles. The van der Waals surface area contributed by atoms with Gasteiger partial charge >= 0.3 is 0 Å². The number of hydrogen-bond donors (Lipinski definition) is 0. The van der Waals surface area contributed by atoms with Crippen LogP contribution in [0.5, 0.6) is 0 Å². The van der Waals surface area contributed by atoms with Gasteiger partial charge < -0.3 is 0 Å². The van der Waals surface area contributed by atoms with Crippen LogP contribution in [0.25, 0.3) is 0 Å². The van der Waals surface area contributed by atoms with E-state index in [-0.39, 0.29) is 0 Å². The average Bonchev–Trinajstić information content (AvgIpc) is 1.66. The zero-order chi connectivity index (χ0) is 6.41. The van der Waals surface area contributed by atoms with E-state index in [1.807, 2.05) is 0 Å². The summed E-state index contributed by atoms with van der Waals surface area (Å²) >= 11 is 5.73. The first-order valence-electron chi connectivity index (χ1n) is 2.80. The molecule has 0 aromatic carbocycles. The van der Waals surface area contributed by atoms with E-state index in [1.54, 1.807) is 0 Å². The molecule has 0 aliphatic rings. The van der Waals surface area contributed by atoms with Gasteiger partial charge in [-0.15, -0.1) is 0 Å². The molecule has 8 heavy (non-hydrogen) atoms. The summed E-state index contributed by atoms with van der Waals surface area (Å²) in [6, 6.07) is 0. The van der Waals surface area contributed by atoms with Gasteiger partial charge in [0.1, 0.15) is 0 Å².